The predicted octanol–water partition coefficient (Wildman–Crippen LogP) is 0.684. The van der Waals surface area contributed by atoms with Crippen molar-refractivity contribution in [3.05, 3.63) is 0 Å². The number of quaternary nitrogens is 1. The van der Waals surface area contributed by atoms with E-state index in [2.05, 4.69) is 0 Å². The Hall–Kier alpha value is -0.660. The molecule has 108 valence electrons. The topological polar surface area (TPSA) is 80.7 Å². The highest BCUT2D eigenvalue weighted by Gasteiger charge is 2.17. The van der Waals surface area contributed by atoms with Gasteiger partial charge in [-0.3, -0.25) is 9.35 Å². The second-order valence-corrected chi connectivity index (χ2v) is 6.57. The van der Waals surface area contributed by atoms with Crippen LogP contribution >= 0.6 is 0 Å². The van der Waals surface area contributed by atoms with E-state index in [9.17, 15) is 13.2 Å². The van der Waals surface area contributed by atoms with Crippen molar-refractivity contribution in [3.8, 4) is 0 Å². The van der Waals surface area contributed by atoms with Crippen molar-refractivity contribution in [3.63, 3.8) is 0 Å². The minimum atomic E-state index is -3.88. The standard InChI is InChI=1S/C11H23NO5S/c1-4-6-11(13)17-9-8-12(2,3)7-5-10-18(14,15)16/h4-10H2,1-3H3/p+1. The fourth-order valence-electron chi connectivity index (χ4n) is 1.47. The molecule has 7 heteroatoms. The number of carbonyl (C=O) groups excluding carboxylic acids is 1. The number of esters is 1. The van der Waals surface area contributed by atoms with E-state index in [0.29, 0.717) is 37.0 Å². The van der Waals surface area contributed by atoms with Crippen LogP contribution in [0.3, 0.4) is 0 Å². The van der Waals surface area contributed by atoms with Crippen LogP contribution in [0.4, 0.5) is 0 Å². The van der Waals surface area contributed by atoms with Gasteiger partial charge in [0.15, 0.2) is 0 Å². The zero-order valence-electron chi connectivity index (χ0n) is 11.4. The number of rotatable bonds is 9. The van der Waals surface area contributed by atoms with Crippen LogP contribution in [0.2, 0.25) is 0 Å². The molecule has 0 spiro atoms. The average Bonchev–Trinajstić information content (AvgIpc) is 2.14. The molecule has 0 aliphatic rings. The summed E-state index contributed by atoms with van der Waals surface area (Å²) >= 11 is 0. The van der Waals surface area contributed by atoms with E-state index < -0.39 is 10.1 Å². The van der Waals surface area contributed by atoms with Crippen molar-refractivity contribution >= 4 is 16.1 Å². The molecule has 6 nitrogen and oxygen atoms in total. The molecular weight excluding hydrogens is 258 g/mol. The summed E-state index contributed by atoms with van der Waals surface area (Å²) in [5, 5.41) is 0. The largest absolute Gasteiger partial charge is 0.460 e. The zero-order chi connectivity index (χ0) is 14.2. The third-order valence-electron chi connectivity index (χ3n) is 2.58. The van der Waals surface area contributed by atoms with Gasteiger partial charge < -0.3 is 9.22 Å². The molecule has 0 bridgehead atoms. The summed E-state index contributed by atoms with van der Waals surface area (Å²) in [4.78, 5) is 11.1. The Labute approximate surface area is 109 Å². The van der Waals surface area contributed by atoms with Gasteiger partial charge in [0.2, 0.25) is 0 Å². The number of likely N-dealkylation sites (N-methyl/N-ethyl adjacent to an activating group) is 1. The third kappa shape index (κ3) is 10.5. The first-order valence-electron chi connectivity index (χ1n) is 6.09. The molecule has 0 aromatic carbocycles. The summed E-state index contributed by atoms with van der Waals surface area (Å²) in [6.45, 7) is 3.47. The van der Waals surface area contributed by atoms with E-state index in [1.165, 1.54) is 0 Å². The molecule has 0 aliphatic heterocycles. The van der Waals surface area contributed by atoms with E-state index in [1.807, 2.05) is 21.0 Å². The molecule has 0 saturated heterocycles. The molecule has 1 N–H and O–H groups in total. The second kappa shape index (κ2) is 7.70. The molecule has 0 amide bonds. The van der Waals surface area contributed by atoms with Gasteiger partial charge in [-0.1, -0.05) is 6.92 Å². The Morgan fingerprint density at radius 1 is 1.28 bits per heavy atom. The Kier molecular flexibility index (Phi) is 7.42. The fraction of sp³-hybridized carbons (Fsp3) is 0.909. The van der Waals surface area contributed by atoms with E-state index in [-0.39, 0.29) is 11.7 Å². The van der Waals surface area contributed by atoms with E-state index in [0.717, 1.165) is 6.42 Å². The second-order valence-electron chi connectivity index (χ2n) is 4.99. The first-order chi connectivity index (χ1) is 8.16. The van der Waals surface area contributed by atoms with Gasteiger partial charge in [0.1, 0.15) is 13.2 Å². The maximum atomic E-state index is 11.1. The molecule has 0 aromatic heterocycles. The molecule has 0 rings (SSSR count). The molecule has 0 unspecified atom stereocenters. The molecule has 0 heterocycles. The van der Waals surface area contributed by atoms with Gasteiger partial charge >= 0.3 is 5.97 Å². The van der Waals surface area contributed by atoms with Crippen molar-refractivity contribution in [2.75, 3.05) is 39.5 Å². The molecule has 0 radical (unpaired) electrons. The van der Waals surface area contributed by atoms with Crippen molar-refractivity contribution in [2.24, 2.45) is 0 Å². The summed E-state index contributed by atoms with van der Waals surface area (Å²) in [7, 11) is -0.0268. The highest BCUT2D eigenvalue weighted by molar-refractivity contribution is 7.85. The summed E-state index contributed by atoms with van der Waals surface area (Å²) in [5.74, 6) is -0.431. The lowest BCUT2D eigenvalue weighted by molar-refractivity contribution is -0.890. The summed E-state index contributed by atoms with van der Waals surface area (Å²) in [6, 6.07) is 0. The number of carbonyl (C=O) groups is 1. The Morgan fingerprint density at radius 3 is 2.39 bits per heavy atom. The van der Waals surface area contributed by atoms with Crippen LogP contribution < -0.4 is 0 Å². The number of hydrogen-bond acceptors (Lipinski definition) is 4. The van der Waals surface area contributed by atoms with Crippen molar-refractivity contribution in [1.82, 2.24) is 0 Å². The number of ether oxygens (including phenoxy) is 1. The fourth-order valence-corrected chi connectivity index (χ4v) is 1.96. The minimum Gasteiger partial charge on any atom is -0.460 e. The van der Waals surface area contributed by atoms with Crippen LogP contribution in [-0.2, 0) is 19.6 Å². The van der Waals surface area contributed by atoms with Crippen LogP contribution in [0, 0.1) is 0 Å². The highest BCUT2D eigenvalue weighted by Crippen LogP contribution is 2.02. The number of nitrogens with zero attached hydrogens (tertiary/aromatic N) is 1. The molecule has 0 fully saturated rings. The Balaban J connectivity index is 3.83. The van der Waals surface area contributed by atoms with E-state index >= 15 is 0 Å². The van der Waals surface area contributed by atoms with Gasteiger partial charge in [0.05, 0.1) is 26.4 Å². The van der Waals surface area contributed by atoms with Gasteiger partial charge in [-0.25, -0.2) is 0 Å². The minimum absolute atomic E-state index is 0.199. The van der Waals surface area contributed by atoms with Crippen LogP contribution in [0.25, 0.3) is 0 Å². The van der Waals surface area contributed by atoms with Gasteiger partial charge in [-0.2, -0.15) is 8.42 Å². The van der Waals surface area contributed by atoms with Crippen LogP contribution in [0.1, 0.15) is 26.2 Å². The van der Waals surface area contributed by atoms with Gasteiger partial charge in [-0.15, -0.1) is 0 Å². The first-order valence-corrected chi connectivity index (χ1v) is 7.70. The SMILES string of the molecule is CCCC(=O)OCC[N+](C)(C)CCCS(=O)(=O)O. The van der Waals surface area contributed by atoms with Crippen molar-refractivity contribution < 1.29 is 27.0 Å². The Morgan fingerprint density at radius 2 is 1.89 bits per heavy atom. The molecule has 0 aliphatic carbocycles. The maximum Gasteiger partial charge on any atom is 0.305 e. The molecule has 0 aromatic rings. The van der Waals surface area contributed by atoms with E-state index in [1.54, 1.807) is 0 Å². The normalized spacial score (nSPS) is 12.4. The lowest BCUT2D eigenvalue weighted by Gasteiger charge is -2.29. The molecule has 0 atom stereocenters. The third-order valence-corrected chi connectivity index (χ3v) is 3.38. The predicted molar refractivity (Wildman–Crippen MR) is 68.7 cm³/mol. The lowest BCUT2D eigenvalue weighted by Crippen LogP contribution is -2.43. The molecular formula is C11H24NO5S+. The molecule has 0 saturated carbocycles. The maximum absolute atomic E-state index is 11.1. The first kappa shape index (κ1) is 17.3. The quantitative estimate of drug-likeness (QED) is 0.382. The van der Waals surface area contributed by atoms with Gasteiger partial charge in [0, 0.05) is 12.8 Å². The lowest BCUT2D eigenvalue weighted by atomic mass is 10.3. The van der Waals surface area contributed by atoms with E-state index in [4.69, 9.17) is 9.29 Å². The monoisotopic (exact) mass is 282 g/mol. The summed E-state index contributed by atoms with van der Waals surface area (Å²) in [6.07, 6.45) is 1.58. The van der Waals surface area contributed by atoms with Crippen molar-refractivity contribution in [1.29, 1.82) is 0 Å². The number of hydrogen-bond donors (Lipinski definition) is 1. The average molecular weight is 282 g/mol. The Bertz CT molecular complexity index is 350. The summed E-state index contributed by atoms with van der Waals surface area (Å²) < 4.78 is 35.4. The van der Waals surface area contributed by atoms with Crippen LogP contribution in [0.15, 0.2) is 0 Å². The molecule has 18 heavy (non-hydrogen) atoms. The van der Waals surface area contributed by atoms with Gasteiger partial charge in [0.25, 0.3) is 10.1 Å². The highest BCUT2D eigenvalue weighted by atomic mass is 32.2. The van der Waals surface area contributed by atoms with Gasteiger partial charge in [-0.05, 0) is 6.42 Å². The summed E-state index contributed by atoms with van der Waals surface area (Å²) in [5.41, 5.74) is 0. The zero-order valence-corrected chi connectivity index (χ0v) is 12.2. The van der Waals surface area contributed by atoms with Crippen molar-refractivity contribution in [2.45, 2.75) is 26.2 Å². The van der Waals surface area contributed by atoms with Crippen LogP contribution in [-0.4, -0.2) is 63.0 Å². The van der Waals surface area contributed by atoms with Crippen LogP contribution in [0.5, 0.6) is 0 Å². The smallest absolute Gasteiger partial charge is 0.305 e.